The highest BCUT2D eigenvalue weighted by Crippen LogP contribution is 2.41. The third-order valence-electron chi connectivity index (χ3n) is 4.52. The molecule has 0 heterocycles. The Kier molecular flexibility index (Phi) is 6.84. The molecule has 0 saturated carbocycles. The van der Waals surface area contributed by atoms with Crippen molar-refractivity contribution in [2.75, 3.05) is 0 Å². The normalized spacial score (nSPS) is 11.1. The van der Waals surface area contributed by atoms with Crippen molar-refractivity contribution in [3.8, 4) is 23.0 Å². The van der Waals surface area contributed by atoms with Gasteiger partial charge in [0.05, 0.1) is 0 Å². The van der Waals surface area contributed by atoms with E-state index in [1.807, 2.05) is 36.4 Å². The van der Waals surface area contributed by atoms with Crippen LogP contribution in [-0.2, 0) is 0 Å². The molecule has 3 aromatic rings. The molecule has 0 aliphatic rings. The first-order valence-electron chi connectivity index (χ1n) is 9.38. The summed E-state index contributed by atoms with van der Waals surface area (Å²) in [4.78, 5) is 0. The minimum Gasteiger partial charge on any atom is -0.456 e. The molecule has 0 unspecified atom stereocenters. The number of hydrogen-bond acceptors (Lipinski definition) is 2. The lowest BCUT2D eigenvalue weighted by atomic mass is 10.0. The highest BCUT2D eigenvalue weighted by atomic mass is 79.9. The summed E-state index contributed by atoms with van der Waals surface area (Å²) in [6, 6.07) is 20.2. The maximum atomic E-state index is 6.10. The highest BCUT2D eigenvalue weighted by Gasteiger charge is 2.13. The van der Waals surface area contributed by atoms with Crippen molar-refractivity contribution in [1.29, 1.82) is 0 Å². The van der Waals surface area contributed by atoms with Gasteiger partial charge in [-0.3, -0.25) is 0 Å². The van der Waals surface area contributed by atoms with Crippen molar-refractivity contribution in [3.05, 3.63) is 80.7 Å². The Hall–Kier alpha value is -1.78. The Labute approximate surface area is 184 Å². The van der Waals surface area contributed by atoms with Gasteiger partial charge in [-0.25, -0.2) is 0 Å². The van der Waals surface area contributed by atoms with E-state index in [9.17, 15) is 0 Å². The number of benzene rings is 3. The van der Waals surface area contributed by atoms with Gasteiger partial charge in [-0.15, -0.1) is 0 Å². The second-order valence-corrected chi connectivity index (χ2v) is 9.08. The fraction of sp³-hybridized carbons (Fsp3) is 0.250. The molecule has 0 saturated heterocycles. The molecule has 0 spiro atoms. The molecule has 0 aliphatic heterocycles. The third kappa shape index (κ3) is 5.18. The maximum absolute atomic E-state index is 6.10. The van der Waals surface area contributed by atoms with Gasteiger partial charge in [0.2, 0.25) is 0 Å². The van der Waals surface area contributed by atoms with E-state index in [0.29, 0.717) is 23.3 Å². The van der Waals surface area contributed by atoms with Crippen LogP contribution >= 0.6 is 31.9 Å². The monoisotopic (exact) mass is 502 g/mol. The molecule has 28 heavy (non-hydrogen) atoms. The second kappa shape index (κ2) is 9.15. The van der Waals surface area contributed by atoms with Crippen molar-refractivity contribution in [3.63, 3.8) is 0 Å². The Balaban J connectivity index is 1.83. The molecular weight excluding hydrogens is 480 g/mol. The first kappa shape index (κ1) is 20.9. The van der Waals surface area contributed by atoms with Crippen LogP contribution in [0.25, 0.3) is 0 Å². The van der Waals surface area contributed by atoms with Crippen molar-refractivity contribution < 1.29 is 9.47 Å². The zero-order chi connectivity index (χ0) is 20.3. The van der Waals surface area contributed by atoms with E-state index in [1.165, 1.54) is 11.1 Å². The minimum absolute atomic E-state index is 0.494. The van der Waals surface area contributed by atoms with Gasteiger partial charge in [0.1, 0.15) is 27.5 Å². The van der Waals surface area contributed by atoms with Crippen LogP contribution in [0.15, 0.2) is 69.6 Å². The van der Waals surface area contributed by atoms with E-state index < -0.39 is 0 Å². The topological polar surface area (TPSA) is 18.5 Å². The lowest BCUT2D eigenvalue weighted by Gasteiger charge is -2.14. The standard InChI is InChI=1S/C24H24Br2O2/c1-15(2)17-5-9-20(10-6-17)27-22-13-19(25)14-23(24(22)26)28-21-11-7-18(8-12-21)16(3)4/h5-16H,1-4H3. The molecule has 0 aliphatic carbocycles. The fourth-order valence-electron chi connectivity index (χ4n) is 2.78. The van der Waals surface area contributed by atoms with Gasteiger partial charge in [-0.1, -0.05) is 67.9 Å². The Morgan fingerprint density at radius 2 is 0.964 bits per heavy atom. The highest BCUT2D eigenvalue weighted by molar-refractivity contribution is 9.11. The molecule has 2 nitrogen and oxygen atoms in total. The van der Waals surface area contributed by atoms with Gasteiger partial charge in [-0.05, 0) is 75.3 Å². The van der Waals surface area contributed by atoms with E-state index in [2.05, 4.69) is 83.8 Å². The van der Waals surface area contributed by atoms with Gasteiger partial charge >= 0.3 is 0 Å². The van der Waals surface area contributed by atoms with E-state index in [-0.39, 0.29) is 0 Å². The maximum Gasteiger partial charge on any atom is 0.146 e. The predicted octanol–water partition coefficient (Wildman–Crippen LogP) is 9.04. The van der Waals surface area contributed by atoms with Crippen LogP contribution in [0.1, 0.15) is 50.7 Å². The van der Waals surface area contributed by atoms with Crippen molar-refractivity contribution >= 4 is 31.9 Å². The summed E-state index contributed by atoms with van der Waals surface area (Å²) in [5.41, 5.74) is 2.57. The largest absolute Gasteiger partial charge is 0.456 e. The first-order chi connectivity index (χ1) is 13.3. The Morgan fingerprint density at radius 3 is 1.29 bits per heavy atom. The van der Waals surface area contributed by atoms with Gasteiger partial charge < -0.3 is 9.47 Å². The lowest BCUT2D eigenvalue weighted by Crippen LogP contribution is -1.92. The molecule has 3 aromatic carbocycles. The zero-order valence-electron chi connectivity index (χ0n) is 16.5. The molecule has 3 rings (SSSR count). The van der Waals surface area contributed by atoms with Crippen LogP contribution in [0, 0.1) is 0 Å². The molecular formula is C24H24Br2O2. The number of rotatable bonds is 6. The van der Waals surface area contributed by atoms with Crippen LogP contribution < -0.4 is 9.47 Å². The van der Waals surface area contributed by atoms with Crippen LogP contribution in [0.5, 0.6) is 23.0 Å². The van der Waals surface area contributed by atoms with E-state index in [0.717, 1.165) is 20.4 Å². The molecule has 0 N–H and O–H groups in total. The molecule has 0 atom stereocenters. The average molecular weight is 504 g/mol. The summed E-state index contributed by atoms with van der Waals surface area (Å²) in [7, 11) is 0. The first-order valence-corrected chi connectivity index (χ1v) is 11.0. The number of hydrogen-bond donors (Lipinski definition) is 0. The summed E-state index contributed by atoms with van der Waals surface area (Å²) >= 11 is 7.19. The van der Waals surface area contributed by atoms with Crippen LogP contribution in [0.2, 0.25) is 0 Å². The quantitative estimate of drug-likeness (QED) is 0.334. The summed E-state index contributed by atoms with van der Waals surface area (Å²) in [5, 5.41) is 0. The minimum atomic E-state index is 0.494. The Morgan fingerprint density at radius 1 is 0.607 bits per heavy atom. The van der Waals surface area contributed by atoms with E-state index in [4.69, 9.17) is 9.47 Å². The van der Waals surface area contributed by atoms with Gasteiger partial charge in [0, 0.05) is 4.47 Å². The van der Waals surface area contributed by atoms with Crippen molar-refractivity contribution in [2.24, 2.45) is 0 Å². The molecule has 146 valence electrons. The Bertz CT molecular complexity index is 855. The summed E-state index contributed by atoms with van der Waals surface area (Å²) in [6.07, 6.45) is 0. The second-order valence-electron chi connectivity index (χ2n) is 7.37. The SMILES string of the molecule is CC(C)c1ccc(Oc2cc(Br)cc(Oc3ccc(C(C)C)cc3)c2Br)cc1. The molecule has 0 radical (unpaired) electrons. The van der Waals surface area contributed by atoms with E-state index >= 15 is 0 Å². The lowest BCUT2D eigenvalue weighted by molar-refractivity contribution is 0.454. The van der Waals surface area contributed by atoms with Gasteiger partial charge in [-0.2, -0.15) is 0 Å². The van der Waals surface area contributed by atoms with E-state index in [1.54, 1.807) is 0 Å². The number of ether oxygens (including phenoxy) is 2. The smallest absolute Gasteiger partial charge is 0.146 e. The predicted molar refractivity (Wildman–Crippen MR) is 123 cm³/mol. The van der Waals surface area contributed by atoms with Gasteiger partial charge in [0.15, 0.2) is 0 Å². The van der Waals surface area contributed by atoms with Crippen molar-refractivity contribution in [2.45, 2.75) is 39.5 Å². The van der Waals surface area contributed by atoms with Crippen LogP contribution in [0.4, 0.5) is 0 Å². The third-order valence-corrected chi connectivity index (χ3v) is 5.76. The summed E-state index contributed by atoms with van der Waals surface area (Å²) < 4.78 is 13.9. The average Bonchev–Trinajstić information content (AvgIpc) is 2.66. The summed E-state index contributed by atoms with van der Waals surface area (Å²) in [6.45, 7) is 8.71. The zero-order valence-corrected chi connectivity index (χ0v) is 19.7. The molecule has 0 bridgehead atoms. The molecule has 4 heteroatoms. The molecule has 0 fully saturated rings. The van der Waals surface area contributed by atoms with Crippen molar-refractivity contribution in [1.82, 2.24) is 0 Å². The number of halogens is 2. The fourth-order valence-corrected chi connectivity index (χ4v) is 3.59. The molecule has 0 aromatic heterocycles. The van der Waals surface area contributed by atoms with Crippen LogP contribution in [0.3, 0.4) is 0 Å². The summed E-state index contributed by atoms with van der Waals surface area (Å²) in [5.74, 6) is 3.95. The molecule has 0 amide bonds. The van der Waals surface area contributed by atoms with Gasteiger partial charge in [0.25, 0.3) is 0 Å². The van der Waals surface area contributed by atoms with Crippen LogP contribution in [-0.4, -0.2) is 0 Å².